The maximum atomic E-state index is 12.7. The lowest BCUT2D eigenvalue weighted by molar-refractivity contribution is 0.0128. The molecule has 0 bridgehead atoms. The fourth-order valence-corrected chi connectivity index (χ4v) is 4.71. The van der Waals surface area contributed by atoms with E-state index in [0.717, 1.165) is 0 Å². The van der Waals surface area contributed by atoms with Crippen LogP contribution >= 0.6 is 0 Å². The Balaban J connectivity index is 1.83. The quantitative estimate of drug-likeness (QED) is 0.853. The van der Waals surface area contributed by atoms with Crippen molar-refractivity contribution in [2.24, 2.45) is 11.3 Å². The van der Waals surface area contributed by atoms with Crippen LogP contribution in [0.5, 0.6) is 0 Å². The third kappa shape index (κ3) is 2.79. The number of aryl methyl sites for hydroxylation is 1. The Morgan fingerprint density at radius 1 is 1.48 bits per heavy atom. The second-order valence-corrected chi connectivity index (χ2v) is 8.66. The van der Waals surface area contributed by atoms with Gasteiger partial charge in [-0.3, -0.25) is 4.79 Å². The Hall–Kier alpha value is -1.38. The van der Waals surface area contributed by atoms with Crippen molar-refractivity contribution in [1.82, 2.24) is 9.21 Å². The van der Waals surface area contributed by atoms with Gasteiger partial charge in [0, 0.05) is 31.6 Å². The zero-order valence-electron chi connectivity index (χ0n) is 13.4. The molecule has 7 nitrogen and oxygen atoms in total. The van der Waals surface area contributed by atoms with E-state index in [-0.39, 0.29) is 25.0 Å². The zero-order chi connectivity index (χ0) is 16.8. The van der Waals surface area contributed by atoms with Crippen molar-refractivity contribution in [2.75, 3.05) is 39.0 Å². The van der Waals surface area contributed by atoms with Gasteiger partial charge in [0.15, 0.2) is 0 Å². The lowest BCUT2D eigenvalue weighted by Crippen LogP contribution is -2.52. The Bertz CT molecular complexity index is 713. The molecule has 3 rings (SSSR count). The summed E-state index contributed by atoms with van der Waals surface area (Å²) in [7, 11) is -3.29. The summed E-state index contributed by atoms with van der Waals surface area (Å²) in [5.41, 5.74) is -0.0521. The SMILES string of the molecule is Cc1occc1C(=O)N1CC[C@@H]2CN(S(C)(=O)=O)C[C@]2(CO)C1. The molecule has 2 saturated heterocycles. The molecule has 8 heteroatoms. The third-order valence-electron chi connectivity index (χ3n) is 5.19. The molecule has 0 saturated carbocycles. The standard InChI is InChI=1S/C15H22N2O5S/c1-11-13(4-6-22-11)14(19)16-5-3-12-7-17(23(2,20)21)9-15(12,8-16)10-18/h4,6,12,18H,3,5,7-10H2,1-2H3/t12-,15+/m1/s1. The van der Waals surface area contributed by atoms with Gasteiger partial charge in [0.25, 0.3) is 5.91 Å². The number of hydrogen-bond acceptors (Lipinski definition) is 5. The van der Waals surface area contributed by atoms with Crippen LogP contribution in [0.15, 0.2) is 16.7 Å². The third-order valence-corrected chi connectivity index (χ3v) is 6.41. The summed E-state index contributed by atoms with van der Waals surface area (Å²) < 4.78 is 30.3. The van der Waals surface area contributed by atoms with Gasteiger partial charge in [0.2, 0.25) is 10.0 Å². The van der Waals surface area contributed by atoms with Crippen molar-refractivity contribution < 1.29 is 22.7 Å². The molecule has 0 spiro atoms. The van der Waals surface area contributed by atoms with Crippen LogP contribution in [0.4, 0.5) is 0 Å². The van der Waals surface area contributed by atoms with Gasteiger partial charge in [0.05, 0.1) is 24.7 Å². The molecule has 1 aromatic heterocycles. The Morgan fingerprint density at radius 3 is 2.78 bits per heavy atom. The van der Waals surface area contributed by atoms with Crippen LogP contribution in [0.25, 0.3) is 0 Å². The summed E-state index contributed by atoms with van der Waals surface area (Å²) in [6.07, 6.45) is 3.36. The average Bonchev–Trinajstić information content (AvgIpc) is 3.09. The van der Waals surface area contributed by atoms with Crippen LogP contribution in [0.2, 0.25) is 0 Å². The van der Waals surface area contributed by atoms with E-state index in [0.29, 0.717) is 37.4 Å². The van der Waals surface area contributed by atoms with Gasteiger partial charge in [0.1, 0.15) is 5.76 Å². The molecule has 23 heavy (non-hydrogen) atoms. The first-order chi connectivity index (χ1) is 10.8. The summed E-state index contributed by atoms with van der Waals surface area (Å²) in [4.78, 5) is 14.4. The van der Waals surface area contributed by atoms with Crippen molar-refractivity contribution in [1.29, 1.82) is 0 Å². The number of aliphatic hydroxyl groups is 1. The average molecular weight is 342 g/mol. The number of rotatable bonds is 3. The number of sulfonamides is 1. The molecule has 0 radical (unpaired) electrons. The van der Waals surface area contributed by atoms with E-state index < -0.39 is 15.4 Å². The summed E-state index contributed by atoms with van der Waals surface area (Å²) in [5, 5.41) is 9.94. The van der Waals surface area contributed by atoms with E-state index in [9.17, 15) is 18.3 Å². The second kappa shape index (κ2) is 5.61. The van der Waals surface area contributed by atoms with Gasteiger partial charge in [-0.05, 0) is 25.3 Å². The Labute approximate surface area is 135 Å². The van der Waals surface area contributed by atoms with E-state index in [1.165, 1.54) is 16.8 Å². The van der Waals surface area contributed by atoms with Crippen LogP contribution in [0.3, 0.4) is 0 Å². The first kappa shape index (κ1) is 16.5. The molecule has 1 N–H and O–H groups in total. The van der Waals surface area contributed by atoms with E-state index in [1.807, 2.05) is 0 Å². The van der Waals surface area contributed by atoms with E-state index in [4.69, 9.17) is 4.42 Å². The van der Waals surface area contributed by atoms with Gasteiger partial charge in [-0.15, -0.1) is 0 Å². The lowest BCUT2D eigenvalue weighted by Gasteiger charge is -2.43. The van der Waals surface area contributed by atoms with E-state index >= 15 is 0 Å². The van der Waals surface area contributed by atoms with Crippen molar-refractivity contribution in [2.45, 2.75) is 13.3 Å². The molecular weight excluding hydrogens is 320 g/mol. The highest BCUT2D eigenvalue weighted by Crippen LogP contribution is 2.43. The number of carbonyl (C=O) groups is 1. The topological polar surface area (TPSA) is 91.1 Å². The molecule has 128 valence electrons. The van der Waals surface area contributed by atoms with Gasteiger partial charge in [-0.25, -0.2) is 12.7 Å². The summed E-state index contributed by atoms with van der Waals surface area (Å²) in [5.74, 6) is 0.524. The fraction of sp³-hybridized carbons (Fsp3) is 0.667. The van der Waals surface area contributed by atoms with Gasteiger partial charge in [-0.2, -0.15) is 0 Å². The van der Waals surface area contributed by atoms with Crippen LogP contribution in [-0.2, 0) is 10.0 Å². The molecule has 0 unspecified atom stereocenters. The van der Waals surface area contributed by atoms with Crippen molar-refractivity contribution in [3.05, 3.63) is 23.7 Å². The maximum Gasteiger partial charge on any atom is 0.257 e. The number of piperidine rings is 1. The predicted octanol–water partition coefficient (Wildman–Crippen LogP) is 0.304. The van der Waals surface area contributed by atoms with Gasteiger partial charge < -0.3 is 14.4 Å². The van der Waals surface area contributed by atoms with Crippen molar-refractivity contribution in [3.63, 3.8) is 0 Å². The number of likely N-dealkylation sites (tertiary alicyclic amines) is 1. The minimum absolute atomic E-state index is 0.0803. The van der Waals surface area contributed by atoms with Crippen molar-refractivity contribution in [3.8, 4) is 0 Å². The van der Waals surface area contributed by atoms with Crippen LogP contribution in [0, 0.1) is 18.3 Å². The molecule has 2 aliphatic heterocycles. The normalized spacial score (nSPS) is 28.8. The number of amides is 1. The second-order valence-electron chi connectivity index (χ2n) is 6.68. The molecule has 3 heterocycles. The lowest BCUT2D eigenvalue weighted by atomic mass is 9.74. The summed E-state index contributed by atoms with van der Waals surface area (Å²) in [6, 6.07) is 1.65. The number of carbonyl (C=O) groups excluding carboxylic acids is 1. The highest BCUT2D eigenvalue weighted by Gasteiger charge is 2.52. The van der Waals surface area contributed by atoms with E-state index in [1.54, 1.807) is 17.9 Å². The maximum absolute atomic E-state index is 12.7. The Morgan fingerprint density at radius 2 is 2.22 bits per heavy atom. The first-order valence-corrected chi connectivity index (χ1v) is 9.51. The number of nitrogens with zero attached hydrogens (tertiary/aromatic N) is 2. The number of fused-ring (bicyclic) bond motifs is 1. The summed E-state index contributed by atoms with van der Waals surface area (Å²) >= 11 is 0. The van der Waals surface area contributed by atoms with Crippen LogP contribution in [-0.4, -0.2) is 67.7 Å². The van der Waals surface area contributed by atoms with E-state index in [2.05, 4.69) is 0 Å². The monoisotopic (exact) mass is 342 g/mol. The molecule has 1 amide bonds. The Kier molecular flexibility index (Phi) is 4.02. The fourth-order valence-electron chi connectivity index (χ4n) is 3.76. The molecule has 2 aliphatic rings. The number of hydrogen-bond donors (Lipinski definition) is 1. The minimum atomic E-state index is -3.29. The molecule has 2 fully saturated rings. The zero-order valence-corrected chi connectivity index (χ0v) is 14.2. The van der Waals surface area contributed by atoms with Gasteiger partial charge in [-0.1, -0.05) is 0 Å². The number of furan rings is 1. The molecule has 0 aliphatic carbocycles. The van der Waals surface area contributed by atoms with Crippen LogP contribution in [0.1, 0.15) is 22.5 Å². The van der Waals surface area contributed by atoms with Crippen molar-refractivity contribution >= 4 is 15.9 Å². The molecule has 1 aromatic rings. The first-order valence-electron chi connectivity index (χ1n) is 7.66. The molecular formula is C15H22N2O5S. The smallest absolute Gasteiger partial charge is 0.257 e. The largest absolute Gasteiger partial charge is 0.469 e. The highest BCUT2D eigenvalue weighted by molar-refractivity contribution is 7.88. The minimum Gasteiger partial charge on any atom is -0.469 e. The highest BCUT2D eigenvalue weighted by atomic mass is 32.2. The molecule has 0 aromatic carbocycles. The van der Waals surface area contributed by atoms with Crippen LogP contribution < -0.4 is 0 Å². The molecule has 2 atom stereocenters. The predicted molar refractivity (Wildman–Crippen MR) is 83.4 cm³/mol. The summed E-state index contributed by atoms with van der Waals surface area (Å²) in [6.45, 7) is 3.23. The van der Waals surface area contributed by atoms with Gasteiger partial charge >= 0.3 is 0 Å². The number of aliphatic hydroxyl groups excluding tert-OH is 1.